The van der Waals surface area contributed by atoms with E-state index in [4.69, 9.17) is 9.47 Å². The van der Waals surface area contributed by atoms with Gasteiger partial charge in [0.2, 0.25) is 0 Å². The molecule has 146 valence electrons. The quantitative estimate of drug-likeness (QED) is 0.549. The van der Waals surface area contributed by atoms with Crippen molar-refractivity contribution >= 4 is 5.96 Å². The van der Waals surface area contributed by atoms with Crippen molar-refractivity contribution in [2.24, 2.45) is 4.99 Å². The number of nitrogens with one attached hydrogen (secondary N) is 2. The van der Waals surface area contributed by atoms with Gasteiger partial charge in [-0.3, -0.25) is 4.99 Å². The third-order valence-corrected chi connectivity index (χ3v) is 4.08. The average Bonchev–Trinajstić information content (AvgIpc) is 2.68. The summed E-state index contributed by atoms with van der Waals surface area (Å²) in [7, 11) is 4.88. The molecule has 5 nitrogen and oxygen atoms in total. The zero-order chi connectivity index (χ0) is 19.6. The van der Waals surface area contributed by atoms with Crippen LogP contribution in [-0.2, 0) is 12.8 Å². The number of rotatable bonds is 8. The predicted octanol–water partition coefficient (Wildman–Crippen LogP) is 2.93. The van der Waals surface area contributed by atoms with E-state index >= 15 is 0 Å². The van der Waals surface area contributed by atoms with Crippen LogP contribution in [0.5, 0.6) is 11.5 Å². The Bertz CT molecular complexity index is 782. The Balaban J connectivity index is 1.78. The van der Waals surface area contributed by atoms with E-state index in [1.54, 1.807) is 21.3 Å². The first-order valence-corrected chi connectivity index (χ1v) is 8.66. The van der Waals surface area contributed by atoms with Gasteiger partial charge < -0.3 is 20.1 Å². The van der Waals surface area contributed by atoms with Crippen LogP contribution in [0.3, 0.4) is 0 Å². The lowest BCUT2D eigenvalue weighted by molar-refractivity contribution is 0.354. The number of ether oxygens (including phenoxy) is 2. The molecule has 0 aliphatic rings. The fourth-order valence-electron chi connectivity index (χ4n) is 2.62. The third kappa shape index (κ3) is 6.13. The zero-order valence-electron chi connectivity index (χ0n) is 15.8. The molecule has 0 aliphatic heterocycles. The molecule has 27 heavy (non-hydrogen) atoms. The molecule has 2 rings (SSSR count). The molecular weight excluding hydrogens is 352 g/mol. The van der Waals surface area contributed by atoms with Gasteiger partial charge in [0.25, 0.3) is 0 Å². The van der Waals surface area contributed by atoms with Crippen LogP contribution >= 0.6 is 0 Å². The number of nitrogens with zero attached hydrogens (tertiary/aromatic N) is 1. The minimum absolute atomic E-state index is 0.433. The van der Waals surface area contributed by atoms with E-state index in [1.807, 2.05) is 18.2 Å². The second kappa shape index (κ2) is 10.4. The van der Waals surface area contributed by atoms with Crippen LogP contribution in [0.15, 0.2) is 41.4 Å². The fraction of sp³-hybridized carbons (Fsp3) is 0.350. The van der Waals surface area contributed by atoms with Gasteiger partial charge in [0.1, 0.15) is 11.6 Å². The van der Waals surface area contributed by atoms with Gasteiger partial charge in [0.15, 0.2) is 17.5 Å². The topological polar surface area (TPSA) is 54.9 Å². The van der Waals surface area contributed by atoms with E-state index in [2.05, 4.69) is 15.6 Å². The highest BCUT2D eigenvalue weighted by molar-refractivity contribution is 5.79. The van der Waals surface area contributed by atoms with Crippen LogP contribution in [0.2, 0.25) is 0 Å². The van der Waals surface area contributed by atoms with Gasteiger partial charge in [-0.25, -0.2) is 8.78 Å². The maximum absolute atomic E-state index is 13.6. The summed E-state index contributed by atoms with van der Waals surface area (Å²) >= 11 is 0. The number of methoxy groups -OCH3 is 2. The summed E-state index contributed by atoms with van der Waals surface area (Å²) in [4.78, 5) is 4.14. The molecule has 0 radical (unpaired) electrons. The van der Waals surface area contributed by atoms with Crippen molar-refractivity contribution in [3.05, 3.63) is 59.2 Å². The van der Waals surface area contributed by atoms with Gasteiger partial charge in [-0.1, -0.05) is 12.1 Å². The molecule has 7 heteroatoms. The van der Waals surface area contributed by atoms with Gasteiger partial charge in [-0.05, 0) is 42.2 Å². The zero-order valence-corrected chi connectivity index (χ0v) is 15.8. The van der Waals surface area contributed by atoms with E-state index in [1.165, 1.54) is 12.1 Å². The summed E-state index contributed by atoms with van der Waals surface area (Å²) in [6.07, 6.45) is 1.20. The van der Waals surface area contributed by atoms with Crippen LogP contribution < -0.4 is 20.1 Å². The lowest BCUT2D eigenvalue weighted by Gasteiger charge is -2.13. The largest absolute Gasteiger partial charge is 0.493 e. The molecular formula is C20H25F2N3O2. The molecule has 2 aromatic rings. The molecule has 2 aromatic carbocycles. The third-order valence-electron chi connectivity index (χ3n) is 4.08. The first-order valence-electron chi connectivity index (χ1n) is 8.66. The standard InChI is InChI=1S/C20H25F2N3O2/c1-23-20(25-11-9-15-5-6-16(21)13-17(15)22)24-10-8-14-4-7-18(26-2)19(12-14)27-3/h4-7,12-13H,8-11H2,1-3H3,(H2,23,24,25). The lowest BCUT2D eigenvalue weighted by Crippen LogP contribution is -2.39. The summed E-state index contributed by atoms with van der Waals surface area (Å²) in [6, 6.07) is 9.41. The summed E-state index contributed by atoms with van der Waals surface area (Å²) < 4.78 is 37.1. The number of halogens is 2. The Hall–Kier alpha value is -2.83. The molecule has 0 heterocycles. The SMILES string of the molecule is CN=C(NCCc1ccc(OC)c(OC)c1)NCCc1ccc(F)cc1F. The molecule has 0 fully saturated rings. The smallest absolute Gasteiger partial charge is 0.190 e. The van der Waals surface area contributed by atoms with Gasteiger partial charge in [-0.2, -0.15) is 0 Å². The van der Waals surface area contributed by atoms with Gasteiger partial charge in [0, 0.05) is 26.2 Å². The van der Waals surface area contributed by atoms with E-state index in [0.29, 0.717) is 42.5 Å². The van der Waals surface area contributed by atoms with E-state index in [9.17, 15) is 8.78 Å². The summed E-state index contributed by atoms with van der Waals surface area (Å²) in [6.45, 7) is 1.15. The summed E-state index contributed by atoms with van der Waals surface area (Å²) in [5.74, 6) is 0.904. The summed E-state index contributed by atoms with van der Waals surface area (Å²) in [5, 5.41) is 6.33. The maximum atomic E-state index is 13.6. The van der Waals surface area contributed by atoms with Crippen LogP contribution in [-0.4, -0.2) is 40.3 Å². The maximum Gasteiger partial charge on any atom is 0.190 e. The van der Waals surface area contributed by atoms with Crippen molar-refractivity contribution in [2.45, 2.75) is 12.8 Å². The van der Waals surface area contributed by atoms with Crippen LogP contribution in [0.4, 0.5) is 8.78 Å². The predicted molar refractivity (Wildman–Crippen MR) is 103 cm³/mol. The van der Waals surface area contributed by atoms with Crippen LogP contribution in [0.25, 0.3) is 0 Å². The second-order valence-electron chi connectivity index (χ2n) is 5.85. The Morgan fingerprint density at radius 2 is 1.63 bits per heavy atom. The average molecular weight is 377 g/mol. The normalized spacial score (nSPS) is 11.2. The van der Waals surface area contributed by atoms with Crippen LogP contribution in [0.1, 0.15) is 11.1 Å². The monoisotopic (exact) mass is 377 g/mol. The highest BCUT2D eigenvalue weighted by atomic mass is 19.1. The molecule has 0 bridgehead atoms. The molecule has 0 aromatic heterocycles. The number of hydrogen-bond acceptors (Lipinski definition) is 3. The van der Waals surface area contributed by atoms with Crippen molar-refractivity contribution in [1.82, 2.24) is 10.6 Å². The molecule has 2 N–H and O–H groups in total. The summed E-state index contributed by atoms with van der Waals surface area (Å²) in [5.41, 5.74) is 1.56. The van der Waals surface area contributed by atoms with Crippen LogP contribution in [0, 0.1) is 11.6 Å². The molecule has 0 aliphatic carbocycles. The number of guanidine groups is 1. The molecule has 0 unspecified atom stereocenters. The van der Waals surface area contributed by atoms with E-state index in [0.717, 1.165) is 18.1 Å². The Morgan fingerprint density at radius 3 is 2.26 bits per heavy atom. The highest BCUT2D eigenvalue weighted by Crippen LogP contribution is 2.27. The Morgan fingerprint density at radius 1 is 0.926 bits per heavy atom. The first-order chi connectivity index (χ1) is 13.1. The Kier molecular flexibility index (Phi) is 7.85. The van der Waals surface area contributed by atoms with Crippen molar-refractivity contribution in [3.8, 4) is 11.5 Å². The van der Waals surface area contributed by atoms with Crippen molar-refractivity contribution in [1.29, 1.82) is 0 Å². The van der Waals surface area contributed by atoms with Gasteiger partial charge in [0.05, 0.1) is 14.2 Å². The number of benzene rings is 2. The first kappa shape index (κ1) is 20.5. The molecule has 0 saturated heterocycles. The van der Waals surface area contributed by atoms with E-state index < -0.39 is 11.6 Å². The molecule has 0 spiro atoms. The fourth-order valence-corrected chi connectivity index (χ4v) is 2.62. The van der Waals surface area contributed by atoms with Crippen molar-refractivity contribution in [3.63, 3.8) is 0 Å². The lowest BCUT2D eigenvalue weighted by atomic mass is 10.1. The van der Waals surface area contributed by atoms with Crippen molar-refractivity contribution in [2.75, 3.05) is 34.4 Å². The minimum atomic E-state index is -0.572. The van der Waals surface area contributed by atoms with Crippen molar-refractivity contribution < 1.29 is 18.3 Å². The number of hydrogen-bond donors (Lipinski definition) is 2. The second-order valence-corrected chi connectivity index (χ2v) is 5.85. The minimum Gasteiger partial charge on any atom is -0.493 e. The molecule has 0 amide bonds. The Labute approximate surface area is 158 Å². The number of aliphatic imine (C=N–C) groups is 1. The van der Waals surface area contributed by atoms with E-state index in [-0.39, 0.29) is 0 Å². The highest BCUT2D eigenvalue weighted by Gasteiger charge is 2.06. The van der Waals surface area contributed by atoms with Gasteiger partial charge in [-0.15, -0.1) is 0 Å². The van der Waals surface area contributed by atoms with Gasteiger partial charge >= 0.3 is 0 Å². The molecule has 0 atom stereocenters. The molecule has 0 saturated carbocycles.